The zero-order chi connectivity index (χ0) is 17.8. The van der Waals surface area contributed by atoms with Crippen molar-refractivity contribution in [2.75, 3.05) is 5.32 Å². The molecule has 128 valence electrons. The fraction of sp³-hybridized carbons (Fsp3) is 0.0588. The Hall–Kier alpha value is -2.93. The molecule has 3 rings (SSSR count). The Balaban J connectivity index is 1.80. The molecule has 0 bridgehead atoms. The molecule has 0 aliphatic heterocycles. The molecule has 3 aromatic rings. The second-order valence-corrected chi connectivity index (χ2v) is 5.37. The fourth-order valence-corrected chi connectivity index (χ4v) is 2.45. The van der Waals surface area contributed by atoms with Crippen molar-refractivity contribution in [3.8, 4) is 11.4 Å². The molecule has 5 nitrogen and oxygen atoms in total. The first-order valence-electron chi connectivity index (χ1n) is 7.18. The molecule has 8 heteroatoms. The summed E-state index contributed by atoms with van der Waals surface area (Å²) in [4.78, 5) is 16.5. The molecule has 1 amide bonds. The standard InChI is InChI=1S/C17H12ClF2N3O2/c18-13-8-11(6-7-15(13)25-17(19)20)22-16(24)14-9-21-10-23(14)12-4-2-1-3-5-12/h1-10,17H,(H,22,24). The Morgan fingerprint density at radius 2 is 1.96 bits per heavy atom. The molecule has 0 unspecified atom stereocenters. The summed E-state index contributed by atoms with van der Waals surface area (Å²) in [5.41, 5.74) is 1.44. The molecule has 25 heavy (non-hydrogen) atoms. The quantitative estimate of drug-likeness (QED) is 0.732. The third kappa shape index (κ3) is 3.95. The predicted molar refractivity (Wildman–Crippen MR) is 89.6 cm³/mol. The van der Waals surface area contributed by atoms with Crippen LogP contribution in [-0.4, -0.2) is 22.1 Å². The maximum atomic E-state index is 12.5. The van der Waals surface area contributed by atoms with Crippen molar-refractivity contribution in [2.24, 2.45) is 0 Å². The van der Waals surface area contributed by atoms with Gasteiger partial charge in [-0.05, 0) is 30.3 Å². The van der Waals surface area contributed by atoms with Gasteiger partial charge in [-0.15, -0.1) is 0 Å². The highest BCUT2D eigenvalue weighted by Gasteiger charge is 2.15. The summed E-state index contributed by atoms with van der Waals surface area (Å²) in [6.45, 7) is -2.97. The van der Waals surface area contributed by atoms with Crippen LogP contribution in [0.25, 0.3) is 5.69 Å². The first kappa shape index (κ1) is 16.9. The molecule has 1 heterocycles. The third-order valence-electron chi connectivity index (χ3n) is 3.31. The number of nitrogens with zero attached hydrogens (tertiary/aromatic N) is 2. The minimum atomic E-state index is -2.97. The number of imidazole rings is 1. The largest absolute Gasteiger partial charge is 0.433 e. The summed E-state index contributed by atoms with van der Waals surface area (Å²) >= 11 is 5.88. The van der Waals surface area contributed by atoms with Crippen LogP contribution >= 0.6 is 11.6 Å². The number of rotatable bonds is 5. The molecule has 0 radical (unpaired) electrons. The molecule has 0 fully saturated rings. The van der Waals surface area contributed by atoms with Crippen LogP contribution in [0.2, 0.25) is 5.02 Å². The Morgan fingerprint density at radius 3 is 2.64 bits per heavy atom. The molecule has 0 saturated carbocycles. The summed E-state index contributed by atoms with van der Waals surface area (Å²) in [5, 5.41) is 2.62. The second-order valence-electron chi connectivity index (χ2n) is 4.96. The second kappa shape index (κ2) is 7.31. The lowest BCUT2D eigenvalue weighted by atomic mass is 10.2. The third-order valence-corrected chi connectivity index (χ3v) is 3.61. The number of alkyl halides is 2. The van der Waals surface area contributed by atoms with Gasteiger partial charge < -0.3 is 10.1 Å². The lowest BCUT2D eigenvalue weighted by Gasteiger charge is -2.11. The number of carbonyl (C=O) groups is 1. The maximum Gasteiger partial charge on any atom is 0.387 e. The van der Waals surface area contributed by atoms with Crippen molar-refractivity contribution in [3.05, 3.63) is 71.8 Å². The Morgan fingerprint density at radius 1 is 1.20 bits per heavy atom. The normalized spacial score (nSPS) is 10.7. The number of aromatic nitrogens is 2. The van der Waals surface area contributed by atoms with Crippen molar-refractivity contribution in [2.45, 2.75) is 6.61 Å². The Labute approximate surface area is 146 Å². The van der Waals surface area contributed by atoms with Gasteiger partial charge in [0.1, 0.15) is 11.4 Å². The van der Waals surface area contributed by atoms with Crippen LogP contribution in [0.5, 0.6) is 5.75 Å². The lowest BCUT2D eigenvalue weighted by Crippen LogP contribution is -2.16. The molecular weight excluding hydrogens is 352 g/mol. The van der Waals surface area contributed by atoms with E-state index in [0.29, 0.717) is 11.4 Å². The van der Waals surface area contributed by atoms with Gasteiger partial charge in [0.05, 0.1) is 17.5 Å². The van der Waals surface area contributed by atoms with Crippen LogP contribution in [0.15, 0.2) is 61.1 Å². The number of benzene rings is 2. The molecule has 0 aliphatic carbocycles. The SMILES string of the molecule is O=C(Nc1ccc(OC(F)F)c(Cl)c1)c1cncn1-c1ccccc1. The smallest absolute Gasteiger partial charge is 0.387 e. The van der Waals surface area contributed by atoms with E-state index in [1.165, 1.54) is 30.7 Å². The van der Waals surface area contributed by atoms with Crippen LogP contribution in [0.3, 0.4) is 0 Å². The minimum Gasteiger partial charge on any atom is -0.433 e. The van der Waals surface area contributed by atoms with Crippen LogP contribution < -0.4 is 10.1 Å². The number of nitrogens with one attached hydrogen (secondary N) is 1. The number of hydrogen-bond donors (Lipinski definition) is 1. The average molecular weight is 364 g/mol. The van der Waals surface area contributed by atoms with E-state index in [-0.39, 0.29) is 10.8 Å². The summed E-state index contributed by atoms with van der Waals surface area (Å²) in [5.74, 6) is -0.580. The van der Waals surface area contributed by atoms with Gasteiger partial charge in [0.15, 0.2) is 0 Å². The number of hydrogen-bond acceptors (Lipinski definition) is 3. The molecule has 0 aliphatic rings. The van der Waals surface area contributed by atoms with Crippen LogP contribution in [0, 0.1) is 0 Å². The predicted octanol–water partition coefficient (Wildman–Crippen LogP) is 4.38. The summed E-state index contributed by atoms with van der Waals surface area (Å²) in [6, 6.07) is 13.3. The number of carbonyl (C=O) groups excluding carboxylic acids is 1. The molecule has 0 atom stereocenters. The van der Waals surface area contributed by atoms with Gasteiger partial charge in [-0.1, -0.05) is 29.8 Å². The van der Waals surface area contributed by atoms with Crippen LogP contribution in [0.1, 0.15) is 10.5 Å². The van der Waals surface area contributed by atoms with Crippen molar-refractivity contribution in [3.63, 3.8) is 0 Å². The number of para-hydroxylation sites is 1. The summed E-state index contributed by atoms with van der Waals surface area (Å²) in [6.07, 6.45) is 2.95. The van der Waals surface area contributed by atoms with E-state index in [2.05, 4.69) is 15.0 Å². The summed E-state index contributed by atoms with van der Waals surface area (Å²) < 4.78 is 30.4. The highest BCUT2D eigenvalue weighted by molar-refractivity contribution is 6.32. The molecule has 1 aromatic heterocycles. The van der Waals surface area contributed by atoms with Gasteiger partial charge in [-0.3, -0.25) is 9.36 Å². The van der Waals surface area contributed by atoms with Crippen molar-refractivity contribution in [1.82, 2.24) is 9.55 Å². The van der Waals surface area contributed by atoms with Crippen molar-refractivity contribution in [1.29, 1.82) is 0 Å². The number of ether oxygens (including phenoxy) is 1. The van der Waals surface area contributed by atoms with E-state index in [4.69, 9.17) is 11.6 Å². The average Bonchev–Trinajstić information content (AvgIpc) is 3.08. The monoisotopic (exact) mass is 363 g/mol. The molecule has 2 aromatic carbocycles. The molecular formula is C17H12ClF2N3O2. The first-order chi connectivity index (χ1) is 12.0. The highest BCUT2D eigenvalue weighted by Crippen LogP contribution is 2.29. The van der Waals surface area contributed by atoms with Gasteiger partial charge >= 0.3 is 6.61 Å². The molecule has 0 spiro atoms. The zero-order valence-corrected chi connectivity index (χ0v) is 13.5. The maximum absolute atomic E-state index is 12.5. The van der Waals surface area contributed by atoms with E-state index >= 15 is 0 Å². The van der Waals surface area contributed by atoms with E-state index in [1.54, 1.807) is 4.57 Å². The lowest BCUT2D eigenvalue weighted by molar-refractivity contribution is -0.0497. The number of anilines is 1. The Kier molecular flexibility index (Phi) is 4.95. The van der Waals surface area contributed by atoms with Crippen molar-refractivity contribution < 1.29 is 18.3 Å². The van der Waals surface area contributed by atoms with Gasteiger partial charge in [0, 0.05) is 11.4 Å². The van der Waals surface area contributed by atoms with Crippen LogP contribution in [-0.2, 0) is 0 Å². The van der Waals surface area contributed by atoms with Gasteiger partial charge in [0.2, 0.25) is 0 Å². The van der Waals surface area contributed by atoms with E-state index in [0.717, 1.165) is 5.69 Å². The van der Waals surface area contributed by atoms with Gasteiger partial charge in [-0.25, -0.2) is 4.98 Å². The fourth-order valence-electron chi connectivity index (χ4n) is 2.22. The van der Waals surface area contributed by atoms with E-state index in [9.17, 15) is 13.6 Å². The topological polar surface area (TPSA) is 56.1 Å². The molecule has 0 saturated heterocycles. The van der Waals surface area contributed by atoms with E-state index < -0.39 is 12.5 Å². The summed E-state index contributed by atoms with van der Waals surface area (Å²) in [7, 11) is 0. The highest BCUT2D eigenvalue weighted by atomic mass is 35.5. The number of amides is 1. The van der Waals surface area contributed by atoms with Crippen LogP contribution in [0.4, 0.5) is 14.5 Å². The molecule has 1 N–H and O–H groups in total. The zero-order valence-electron chi connectivity index (χ0n) is 12.7. The van der Waals surface area contributed by atoms with Gasteiger partial charge in [0.25, 0.3) is 5.91 Å². The Bertz CT molecular complexity index is 885. The minimum absolute atomic E-state index is 0.0327. The van der Waals surface area contributed by atoms with Crippen molar-refractivity contribution >= 4 is 23.2 Å². The van der Waals surface area contributed by atoms with Gasteiger partial charge in [-0.2, -0.15) is 8.78 Å². The first-order valence-corrected chi connectivity index (χ1v) is 7.56. The van der Waals surface area contributed by atoms with E-state index in [1.807, 2.05) is 30.3 Å². The number of halogens is 3.